The van der Waals surface area contributed by atoms with Gasteiger partial charge in [-0.25, -0.2) is 4.39 Å². The van der Waals surface area contributed by atoms with Gasteiger partial charge in [0.1, 0.15) is 11.4 Å². The molecule has 16 heavy (non-hydrogen) atoms. The maximum atomic E-state index is 14.0. The Morgan fingerprint density at radius 3 is 2.69 bits per heavy atom. The fourth-order valence-electron chi connectivity index (χ4n) is 2.76. The van der Waals surface area contributed by atoms with Crippen LogP contribution in [0.25, 0.3) is 0 Å². The Labute approximate surface area is 95.3 Å². The maximum Gasteiger partial charge on any atom is 0.115 e. The first kappa shape index (κ1) is 11.4. The minimum Gasteiger partial charge on any atom is -0.508 e. The first-order valence-electron chi connectivity index (χ1n) is 5.66. The lowest BCUT2D eigenvalue weighted by atomic mass is 9.78. The molecule has 0 radical (unpaired) electrons. The summed E-state index contributed by atoms with van der Waals surface area (Å²) in [6, 6.07) is 7.04. The molecule has 1 fully saturated rings. The van der Waals surface area contributed by atoms with Gasteiger partial charge in [0.25, 0.3) is 0 Å². The van der Waals surface area contributed by atoms with Crippen molar-refractivity contribution in [3.63, 3.8) is 0 Å². The number of halogens is 1. The van der Waals surface area contributed by atoms with Crippen LogP contribution >= 0.6 is 0 Å². The molecule has 2 unspecified atom stereocenters. The Balaban J connectivity index is 2.36. The van der Waals surface area contributed by atoms with Gasteiger partial charge in [0.15, 0.2) is 0 Å². The average molecular weight is 223 g/mol. The molecule has 0 amide bonds. The van der Waals surface area contributed by atoms with Crippen LogP contribution in [-0.4, -0.2) is 17.3 Å². The SMILES string of the molecule is CC1(F)CCC(CN)(c2cccc(O)c2)C1. The van der Waals surface area contributed by atoms with E-state index in [0.29, 0.717) is 19.4 Å². The van der Waals surface area contributed by atoms with Gasteiger partial charge in [0.2, 0.25) is 0 Å². The minimum absolute atomic E-state index is 0.220. The zero-order valence-electron chi connectivity index (χ0n) is 9.54. The molecule has 0 aromatic heterocycles. The first-order chi connectivity index (χ1) is 7.47. The smallest absolute Gasteiger partial charge is 0.115 e. The number of hydrogen-bond donors (Lipinski definition) is 2. The summed E-state index contributed by atoms with van der Waals surface area (Å²) in [5, 5.41) is 9.48. The number of nitrogens with two attached hydrogens (primary N) is 1. The molecule has 2 atom stereocenters. The second-order valence-corrected chi connectivity index (χ2v) is 5.12. The fraction of sp³-hybridized carbons (Fsp3) is 0.538. The van der Waals surface area contributed by atoms with E-state index in [-0.39, 0.29) is 11.2 Å². The largest absolute Gasteiger partial charge is 0.508 e. The lowest BCUT2D eigenvalue weighted by Gasteiger charge is -2.29. The van der Waals surface area contributed by atoms with Crippen LogP contribution in [0, 0.1) is 0 Å². The molecule has 3 N–H and O–H groups in total. The second kappa shape index (κ2) is 3.74. The van der Waals surface area contributed by atoms with Crippen molar-refractivity contribution in [2.24, 2.45) is 5.73 Å². The number of alkyl halides is 1. The molecule has 88 valence electrons. The standard InChI is InChI=1S/C13H18FNO/c1-12(14)5-6-13(8-12,9-15)10-3-2-4-11(16)7-10/h2-4,7,16H,5-6,8-9,15H2,1H3. The van der Waals surface area contributed by atoms with Crippen molar-refractivity contribution in [3.8, 4) is 5.75 Å². The predicted molar refractivity (Wildman–Crippen MR) is 62.2 cm³/mol. The Kier molecular flexibility index (Phi) is 2.66. The van der Waals surface area contributed by atoms with Crippen molar-refractivity contribution in [2.45, 2.75) is 37.3 Å². The number of rotatable bonds is 2. The summed E-state index contributed by atoms with van der Waals surface area (Å²) in [5.41, 5.74) is 5.34. The van der Waals surface area contributed by atoms with E-state index in [1.807, 2.05) is 6.07 Å². The molecule has 2 nitrogen and oxygen atoms in total. The lowest BCUT2D eigenvalue weighted by molar-refractivity contribution is 0.187. The topological polar surface area (TPSA) is 46.2 Å². The van der Waals surface area contributed by atoms with Gasteiger partial charge < -0.3 is 10.8 Å². The van der Waals surface area contributed by atoms with Crippen molar-refractivity contribution in [3.05, 3.63) is 29.8 Å². The third-order valence-corrected chi connectivity index (χ3v) is 3.68. The summed E-state index contributed by atoms with van der Waals surface area (Å²) < 4.78 is 14.0. The number of aromatic hydroxyl groups is 1. The van der Waals surface area contributed by atoms with E-state index < -0.39 is 5.67 Å². The molecule has 1 aliphatic rings. The molecular weight excluding hydrogens is 205 g/mol. The van der Waals surface area contributed by atoms with Crippen molar-refractivity contribution in [1.29, 1.82) is 0 Å². The van der Waals surface area contributed by atoms with E-state index >= 15 is 0 Å². The highest BCUT2D eigenvalue weighted by Gasteiger charge is 2.46. The highest BCUT2D eigenvalue weighted by Crippen LogP contribution is 2.47. The first-order valence-corrected chi connectivity index (χ1v) is 5.66. The van der Waals surface area contributed by atoms with E-state index in [1.165, 1.54) is 0 Å². The van der Waals surface area contributed by atoms with Crippen molar-refractivity contribution in [2.75, 3.05) is 6.54 Å². The van der Waals surface area contributed by atoms with Crippen LogP contribution < -0.4 is 5.73 Å². The second-order valence-electron chi connectivity index (χ2n) is 5.12. The molecule has 0 saturated heterocycles. The van der Waals surface area contributed by atoms with Gasteiger partial charge in [-0.15, -0.1) is 0 Å². The van der Waals surface area contributed by atoms with Crippen LogP contribution in [0.2, 0.25) is 0 Å². The van der Waals surface area contributed by atoms with E-state index in [2.05, 4.69) is 0 Å². The quantitative estimate of drug-likeness (QED) is 0.809. The minimum atomic E-state index is -1.13. The maximum absolute atomic E-state index is 14.0. The normalized spacial score (nSPS) is 34.2. The Hall–Kier alpha value is -1.09. The van der Waals surface area contributed by atoms with Crippen LogP contribution in [0.1, 0.15) is 31.7 Å². The number of benzene rings is 1. The van der Waals surface area contributed by atoms with Crippen molar-refractivity contribution >= 4 is 0 Å². The van der Waals surface area contributed by atoms with Crippen molar-refractivity contribution < 1.29 is 9.50 Å². The van der Waals surface area contributed by atoms with Crippen molar-refractivity contribution in [1.82, 2.24) is 0 Å². The zero-order valence-corrected chi connectivity index (χ0v) is 9.54. The van der Waals surface area contributed by atoms with Crippen LogP contribution in [0.4, 0.5) is 4.39 Å². The summed E-state index contributed by atoms with van der Waals surface area (Å²) in [4.78, 5) is 0. The van der Waals surface area contributed by atoms with Crippen LogP contribution in [-0.2, 0) is 5.41 Å². The van der Waals surface area contributed by atoms with E-state index in [9.17, 15) is 9.50 Å². The van der Waals surface area contributed by atoms with Crippen LogP contribution in [0.5, 0.6) is 5.75 Å². The molecular formula is C13H18FNO. The lowest BCUT2D eigenvalue weighted by Crippen LogP contribution is -2.34. The molecule has 2 rings (SSSR count). The summed E-state index contributed by atoms with van der Waals surface area (Å²) in [7, 11) is 0. The third kappa shape index (κ3) is 1.92. The monoisotopic (exact) mass is 223 g/mol. The summed E-state index contributed by atoms with van der Waals surface area (Å²) in [5.74, 6) is 0.220. The fourth-order valence-corrected chi connectivity index (χ4v) is 2.76. The van der Waals surface area contributed by atoms with E-state index in [1.54, 1.807) is 25.1 Å². The van der Waals surface area contributed by atoms with Gasteiger partial charge in [-0.2, -0.15) is 0 Å². The molecule has 1 aromatic rings. The predicted octanol–water partition coefficient (Wildman–Crippen LogP) is 2.50. The Bertz CT molecular complexity index is 391. The molecule has 0 bridgehead atoms. The molecule has 1 saturated carbocycles. The molecule has 1 aromatic carbocycles. The zero-order chi connectivity index (χ0) is 11.8. The van der Waals surface area contributed by atoms with E-state index in [0.717, 1.165) is 12.0 Å². The number of phenols is 1. The molecule has 3 heteroatoms. The highest BCUT2D eigenvalue weighted by molar-refractivity contribution is 5.35. The van der Waals surface area contributed by atoms with Gasteiger partial charge in [-0.3, -0.25) is 0 Å². The van der Waals surface area contributed by atoms with Gasteiger partial charge in [-0.05, 0) is 43.9 Å². The molecule has 0 aliphatic heterocycles. The average Bonchev–Trinajstić information content (AvgIpc) is 2.56. The number of phenolic OH excluding ortho intramolecular Hbond substituents is 1. The molecule has 0 spiro atoms. The van der Waals surface area contributed by atoms with Crippen LogP contribution in [0.15, 0.2) is 24.3 Å². The Morgan fingerprint density at radius 1 is 1.44 bits per heavy atom. The summed E-state index contributed by atoms with van der Waals surface area (Å²) >= 11 is 0. The Morgan fingerprint density at radius 2 is 2.19 bits per heavy atom. The molecule has 1 aliphatic carbocycles. The van der Waals surface area contributed by atoms with Crippen LogP contribution in [0.3, 0.4) is 0 Å². The summed E-state index contributed by atoms with van der Waals surface area (Å²) in [6.07, 6.45) is 1.74. The van der Waals surface area contributed by atoms with Gasteiger partial charge in [-0.1, -0.05) is 12.1 Å². The van der Waals surface area contributed by atoms with Gasteiger partial charge in [0.05, 0.1) is 0 Å². The summed E-state index contributed by atoms with van der Waals surface area (Å²) in [6.45, 7) is 2.06. The molecule has 0 heterocycles. The van der Waals surface area contributed by atoms with Gasteiger partial charge >= 0.3 is 0 Å². The number of hydrogen-bond acceptors (Lipinski definition) is 2. The van der Waals surface area contributed by atoms with E-state index in [4.69, 9.17) is 5.73 Å². The highest BCUT2D eigenvalue weighted by atomic mass is 19.1. The third-order valence-electron chi connectivity index (χ3n) is 3.68. The van der Waals surface area contributed by atoms with Gasteiger partial charge in [0, 0.05) is 12.0 Å².